The van der Waals surface area contributed by atoms with Crippen molar-refractivity contribution in [3.05, 3.63) is 34.3 Å². The summed E-state index contributed by atoms with van der Waals surface area (Å²) in [5, 5.41) is 0.795. The van der Waals surface area contributed by atoms with Crippen LogP contribution in [0.2, 0.25) is 5.02 Å². The van der Waals surface area contributed by atoms with Gasteiger partial charge < -0.3 is 9.64 Å². The minimum atomic E-state index is -0.395. The highest BCUT2D eigenvalue weighted by Crippen LogP contribution is 2.28. The normalized spacial score (nSPS) is 22.4. The molecule has 2 aliphatic rings. The molecule has 2 heterocycles. The minimum absolute atomic E-state index is 0.0853. The molecule has 1 aromatic carbocycles. The molecule has 0 aromatic heterocycles. The van der Waals surface area contributed by atoms with Crippen molar-refractivity contribution in [2.45, 2.75) is 51.2 Å². The van der Waals surface area contributed by atoms with Gasteiger partial charge in [-0.15, -0.1) is 0 Å². The van der Waals surface area contributed by atoms with Crippen molar-refractivity contribution in [2.75, 3.05) is 20.2 Å². The van der Waals surface area contributed by atoms with E-state index in [1.54, 1.807) is 4.90 Å². The number of rotatable bonds is 4. The van der Waals surface area contributed by atoms with Gasteiger partial charge in [0.1, 0.15) is 6.04 Å². The number of esters is 1. The quantitative estimate of drug-likeness (QED) is 0.771. The van der Waals surface area contributed by atoms with E-state index in [1.165, 1.54) is 12.7 Å². The van der Waals surface area contributed by atoms with Crippen LogP contribution >= 0.6 is 11.6 Å². The standard InChI is InChI=1S/C19H25ClN2O3/c1-13-11-14(3-4-16(13)20)12-21-9-7-15(8-10-21)22-17(19(24)25-2)5-6-18(22)23/h3-4,11,15,17H,5-10,12H2,1-2H3. The van der Waals surface area contributed by atoms with Crippen LogP contribution < -0.4 is 0 Å². The summed E-state index contributed by atoms with van der Waals surface area (Å²) >= 11 is 6.09. The van der Waals surface area contributed by atoms with Gasteiger partial charge in [-0.2, -0.15) is 0 Å². The average Bonchev–Trinajstić information content (AvgIpc) is 3.00. The lowest BCUT2D eigenvalue weighted by molar-refractivity contribution is -0.151. The minimum Gasteiger partial charge on any atom is -0.467 e. The first kappa shape index (κ1) is 18.2. The van der Waals surface area contributed by atoms with E-state index < -0.39 is 6.04 Å². The molecule has 1 amide bonds. The number of aryl methyl sites for hydroxylation is 1. The second kappa shape index (κ2) is 7.75. The van der Waals surface area contributed by atoms with Crippen LogP contribution in [0.3, 0.4) is 0 Å². The molecule has 1 atom stereocenters. The van der Waals surface area contributed by atoms with E-state index >= 15 is 0 Å². The third-order valence-corrected chi connectivity index (χ3v) is 5.73. The van der Waals surface area contributed by atoms with Crippen molar-refractivity contribution in [3.63, 3.8) is 0 Å². The molecular weight excluding hydrogens is 340 g/mol. The molecule has 1 aromatic rings. The van der Waals surface area contributed by atoms with E-state index in [0.717, 1.165) is 43.1 Å². The third kappa shape index (κ3) is 3.98. The van der Waals surface area contributed by atoms with E-state index in [4.69, 9.17) is 16.3 Å². The summed E-state index contributed by atoms with van der Waals surface area (Å²) in [7, 11) is 1.39. The molecule has 6 heteroatoms. The number of carbonyl (C=O) groups is 2. The highest BCUT2D eigenvalue weighted by Gasteiger charge is 2.41. The van der Waals surface area contributed by atoms with Crippen molar-refractivity contribution >= 4 is 23.5 Å². The predicted octanol–water partition coefficient (Wildman–Crippen LogP) is 2.78. The number of likely N-dealkylation sites (tertiary alicyclic amines) is 2. The van der Waals surface area contributed by atoms with E-state index in [-0.39, 0.29) is 17.9 Å². The Labute approximate surface area is 153 Å². The molecule has 136 valence electrons. The summed E-state index contributed by atoms with van der Waals surface area (Å²) in [5.74, 6) is -0.202. The molecule has 0 N–H and O–H groups in total. The highest BCUT2D eigenvalue weighted by atomic mass is 35.5. The first-order valence-electron chi connectivity index (χ1n) is 8.86. The Bertz CT molecular complexity index is 656. The zero-order valence-electron chi connectivity index (χ0n) is 14.8. The fourth-order valence-electron chi connectivity index (χ4n) is 3.95. The molecule has 0 aliphatic carbocycles. The molecule has 5 nitrogen and oxygen atoms in total. The molecule has 0 bridgehead atoms. The first-order chi connectivity index (χ1) is 12.0. The van der Waals surface area contributed by atoms with Gasteiger partial charge in [-0.1, -0.05) is 23.7 Å². The number of piperidine rings is 1. The van der Waals surface area contributed by atoms with Gasteiger partial charge in [0.15, 0.2) is 0 Å². The summed E-state index contributed by atoms with van der Waals surface area (Å²) in [4.78, 5) is 28.4. The Hall–Kier alpha value is -1.59. The second-order valence-electron chi connectivity index (χ2n) is 6.97. The Kier molecular flexibility index (Phi) is 5.64. The van der Waals surface area contributed by atoms with Gasteiger partial charge >= 0.3 is 5.97 Å². The van der Waals surface area contributed by atoms with Gasteiger partial charge in [-0.25, -0.2) is 4.79 Å². The van der Waals surface area contributed by atoms with Gasteiger partial charge in [0.25, 0.3) is 0 Å². The number of hydrogen-bond acceptors (Lipinski definition) is 4. The number of nitrogens with zero attached hydrogens (tertiary/aromatic N) is 2. The number of hydrogen-bond donors (Lipinski definition) is 0. The number of carbonyl (C=O) groups excluding carboxylic acids is 2. The van der Waals surface area contributed by atoms with Crippen LogP contribution in [0.5, 0.6) is 0 Å². The smallest absolute Gasteiger partial charge is 0.328 e. The molecule has 0 spiro atoms. The SMILES string of the molecule is COC(=O)C1CCC(=O)N1C1CCN(Cc2ccc(Cl)c(C)c2)CC1. The van der Waals surface area contributed by atoms with Gasteiger partial charge in [0, 0.05) is 37.1 Å². The monoisotopic (exact) mass is 364 g/mol. The van der Waals surface area contributed by atoms with Gasteiger partial charge in [0.2, 0.25) is 5.91 Å². The number of amides is 1. The molecule has 2 fully saturated rings. The van der Waals surface area contributed by atoms with E-state index in [9.17, 15) is 9.59 Å². The second-order valence-corrected chi connectivity index (χ2v) is 7.38. The number of methoxy groups -OCH3 is 1. The highest BCUT2D eigenvalue weighted by molar-refractivity contribution is 6.31. The van der Waals surface area contributed by atoms with Crippen LogP contribution in [-0.2, 0) is 20.9 Å². The summed E-state index contributed by atoms with van der Waals surface area (Å²) in [6, 6.07) is 5.89. The lowest BCUT2D eigenvalue weighted by Crippen LogP contribution is -2.50. The largest absolute Gasteiger partial charge is 0.467 e. The van der Waals surface area contributed by atoms with Crippen LogP contribution in [0.15, 0.2) is 18.2 Å². The zero-order valence-corrected chi connectivity index (χ0v) is 15.6. The molecule has 2 saturated heterocycles. The summed E-state index contributed by atoms with van der Waals surface area (Å²) < 4.78 is 4.87. The maximum Gasteiger partial charge on any atom is 0.328 e. The van der Waals surface area contributed by atoms with Crippen LogP contribution in [0.1, 0.15) is 36.8 Å². The number of ether oxygens (including phenoxy) is 1. The topological polar surface area (TPSA) is 49.9 Å². The molecular formula is C19H25ClN2O3. The molecule has 1 unspecified atom stereocenters. The third-order valence-electron chi connectivity index (χ3n) is 5.31. The van der Waals surface area contributed by atoms with Gasteiger partial charge in [-0.3, -0.25) is 9.69 Å². The van der Waals surface area contributed by atoms with Gasteiger partial charge in [-0.05, 0) is 43.4 Å². The Morgan fingerprint density at radius 1 is 1.28 bits per heavy atom. The van der Waals surface area contributed by atoms with Crippen molar-refractivity contribution in [3.8, 4) is 0 Å². The molecule has 0 saturated carbocycles. The average molecular weight is 365 g/mol. The summed E-state index contributed by atoms with van der Waals surface area (Å²) in [6.07, 6.45) is 2.82. The zero-order chi connectivity index (χ0) is 18.0. The van der Waals surface area contributed by atoms with Crippen molar-refractivity contribution in [1.82, 2.24) is 9.80 Å². The van der Waals surface area contributed by atoms with Crippen LogP contribution in [-0.4, -0.2) is 54.0 Å². The first-order valence-corrected chi connectivity index (χ1v) is 9.23. The van der Waals surface area contributed by atoms with Crippen molar-refractivity contribution in [1.29, 1.82) is 0 Å². The lowest BCUT2D eigenvalue weighted by atomic mass is 10.0. The Balaban J connectivity index is 1.58. The van der Waals surface area contributed by atoms with Gasteiger partial charge in [0.05, 0.1) is 7.11 Å². The Morgan fingerprint density at radius 3 is 2.64 bits per heavy atom. The van der Waals surface area contributed by atoms with E-state index in [0.29, 0.717) is 12.8 Å². The van der Waals surface area contributed by atoms with Crippen molar-refractivity contribution in [2.24, 2.45) is 0 Å². The van der Waals surface area contributed by atoms with E-state index in [2.05, 4.69) is 17.0 Å². The maximum atomic E-state index is 12.2. The van der Waals surface area contributed by atoms with Crippen LogP contribution in [0.4, 0.5) is 0 Å². The fraction of sp³-hybridized carbons (Fsp3) is 0.579. The predicted molar refractivity (Wildman–Crippen MR) is 96.4 cm³/mol. The molecule has 3 rings (SSSR count). The summed E-state index contributed by atoms with van der Waals surface area (Å²) in [5.41, 5.74) is 2.35. The number of benzene rings is 1. The summed E-state index contributed by atoms with van der Waals surface area (Å²) in [6.45, 7) is 4.75. The van der Waals surface area contributed by atoms with E-state index in [1.807, 2.05) is 13.0 Å². The Morgan fingerprint density at radius 2 is 2.00 bits per heavy atom. The molecule has 0 radical (unpaired) electrons. The van der Waals surface area contributed by atoms with Crippen LogP contribution in [0.25, 0.3) is 0 Å². The number of halogens is 1. The fourth-order valence-corrected chi connectivity index (χ4v) is 4.06. The van der Waals surface area contributed by atoms with Crippen LogP contribution in [0, 0.1) is 6.92 Å². The molecule has 25 heavy (non-hydrogen) atoms. The molecule has 2 aliphatic heterocycles. The van der Waals surface area contributed by atoms with Crippen molar-refractivity contribution < 1.29 is 14.3 Å². The lowest BCUT2D eigenvalue weighted by Gasteiger charge is -2.38. The maximum absolute atomic E-state index is 12.2.